The number of nitrogens with one attached hydrogen (secondary N) is 1. The van der Waals surface area contributed by atoms with Crippen LogP contribution in [0.2, 0.25) is 0 Å². The average Bonchev–Trinajstić information content (AvgIpc) is 2.36. The SMILES string of the molecule is CCOC(=O)CNC(=O)c1ccc(B(O)O)cc1. The van der Waals surface area contributed by atoms with Crippen LogP contribution in [0.3, 0.4) is 0 Å². The molecular formula is C11H14BNO5. The quantitative estimate of drug-likeness (QED) is 0.444. The second kappa shape index (κ2) is 6.78. The third-order valence-electron chi connectivity index (χ3n) is 2.17. The van der Waals surface area contributed by atoms with Crippen molar-refractivity contribution in [2.45, 2.75) is 6.92 Å². The molecule has 18 heavy (non-hydrogen) atoms. The Morgan fingerprint density at radius 1 is 1.28 bits per heavy atom. The lowest BCUT2D eigenvalue weighted by Crippen LogP contribution is -2.32. The van der Waals surface area contributed by atoms with Crippen LogP contribution >= 0.6 is 0 Å². The Balaban J connectivity index is 2.54. The van der Waals surface area contributed by atoms with Gasteiger partial charge in [-0.05, 0) is 24.5 Å². The smallest absolute Gasteiger partial charge is 0.465 e. The van der Waals surface area contributed by atoms with Gasteiger partial charge in [0.25, 0.3) is 5.91 Å². The summed E-state index contributed by atoms with van der Waals surface area (Å²) in [6.45, 7) is 1.74. The fourth-order valence-corrected chi connectivity index (χ4v) is 1.27. The van der Waals surface area contributed by atoms with E-state index in [0.717, 1.165) is 0 Å². The van der Waals surface area contributed by atoms with Crippen molar-refractivity contribution in [2.75, 3.05) is 13.2 Å². The Bertz CT molecular complexity index is 418. The molecule has 3 N–H and O–H groups in total. The number of benzene rings is 1. The number of hydrogen-bond donors (Lipinski definition) is 3. The second-order valence-corrected chi connectivity index (χ2v) is 3.48. The minimum Gasteiger partial charge on any atom is -0.465 e. The van der Waals surface area contributed by atoms with Gasteiger partial charge in [-0.15, -0.1) is 0 Å². The Morgan fingerprint density at radius 2 is 1.89 bits per heavy atom. The predicted molar refractivity (Wildman–Crippen MR) is 65.2 cm³/mol. The van der Waals surface area contributed by atoms with Gasteiger partial charge in [-0.3, -0.25) is 9.59 Å². The van der Waals surface area contributed by atoms with E-state index in [9.17, 15) is 9.59 Å². The van der Waals surface area contributed by atoms with E-state index < -0.39 is 19.0 Å². The van der Waals surface area contributed by atoms with Gasteiger partial charge in [-0.25, -0.2) is 0 Å². The summed E-state index contributed by atoms with van der Waals surface area (Å²) >= 11 is 0. The third kappa shape index (κ3) is 4.19. The van der Waals surface area contributed by atoms with Crippen molar-refractivity contribution in [2.24, 2.45) is 0 Å². The van der Waals surface area contributed by atoms with Gasteiger partial charge in [0, 0.05) is 5.56 Å². The van der Waals surface area contributed by atoms with Crippen molar-refractivity contribution in [3.63, 3.8) is 0 Å². The van der Waals surface area contributed by atoms with Gasteiger partial charge in [-0.2, -0.15) is 0 Å². The summed E-state index contributed by atoms with van der Waals surface area (Å²) in [6, 6.07) is 5.72. The summed E-state index contributed by atoms with van der Waals surface area (Å²) in [5, 5.41) is 20.2. The van der Waals surface area contributed by atoms with Gasteiger partial charge in [0.1, 0.15) is 6.54 Å². The summed E-state index contributed by atoms with van der Waals surface area (Å²) in [5.74, 6) is -0.935. The average molecular weight is 251 g/mol. The van der Waals surface area contributed by atoms with E-state index in [1.807, 2.05) is 0 Å². The molecule has 1 aromatic rings. The van der Waals surface area contributed by atoms with Gasteiger partial charge in [0.15, 0.2) is 0 Å². The highest BCUT2D eigenvalue weighted by Crippen LogP contribution is 1.97. The van der Waals surface area contributed by atoms with Crippen LogP contribution in [-0.2, 0) is 9.53 Å². The molecule has 0 spiro atoms. The van der Waals surface area contributed by atoms with Crippen LogP contribution in [-0.4, -0.2) is 42.2 Å². The van der Waals surface area contributed by atoms with Crippen molar-refractivity contribution in [1.29, 1.82) is 0 Å². The molecule has 1 amide bonds. The van der Waals surface area contributed by atoms with Crippen LogP contribution in [0, 0.1) is 0 Å². The molecule has 0 fully saturated rings. The van der Waals surface area contributed by atoms with Crippen molar-refractivity contribution < 1.29 is 24.4 Å². The van der Waals surface area contributed by atoms with Crippen LogP contribution in [0.4, 0.5) is 0 Å². The molecule has 7 heteroatoms. The number of carbonyl (C=O) groups is 2. The zero-order chi connectivity index (χ0) is 13.5. The summed E-state index contributed by atoms with van der Waals surface area (Å²) in [5.41, 5.74) is 0.612. The number of hydrogen-bond acceptors (Lipinski definition) is 5. The molecule has 0 radical (unpaired) electrons. The van der Waals surface area contributed by atoms with Gasteiger partial charge < -0.3 is 20.1 Å². The molecule has 0 saturated heterocycles. The first-order valence-electron chi connectivity index (χ1n) is 5.44. The van der Waals surface area contributed by atoms with Crippen LogP contribution < -0.4 is 10.8 Å². The lowest BCUT2D eigenvalue weighted by atomic mass is 9.80. The van der Waals surface area contributed by atoms with Crippen molar-refractivity contribution >= 4 is 24.5 Å². The van der Waals surface area contributed by atoms with E-state index in [0.29, 0.717) is 5.56 Å². The minimum absolute atomic E-state index is 0.197. The molecule has 1 aromatic carbocycles. The topological polar surface area (TPSA) is 95.9 Å². The zero-order valence-electron chi connectivity index (χ0n) is 9.92. The normalized spacial score (nSPS) is 9.72. The summed E-state index contributed by atoms with van der Waals surface area (Å²) < 4.78 is 4.66. The molecule has 0 aliphatic heterocycles. The molecule has 96 valence electrons. The summed E-state index contributed by atoms with van der Waals surface area (Å²) in [6.07, 6.45) is 0. The Kier molecular flexibility index (Phi) is 5.35. The molecule has 0 bridgehead atoms. The van der Waals surface area contributed by atoms with Crippen molar-refractivity contribution in [3.8, 4) is 0 Å². The first-order valence-corrected chi connectivity index (χ1v) is 5.44. The monoisotopic (exact) mass is 251 g/mol. The Morgan fingerprint density at radius 3 is 2.39 bits per heavy atom. The molecular weight excluding hydrogens is 237 g/mol. The van der Waals surface area contributed by atoms with E-state index in [2.05, 4.69) is 10.1 Å². The van der Waals surface area contributed by atoms with E-state index in [-0.39, 0.29) is 18.6 Å². The van der Waals surface area contributed by atoms with Gasteiger partial charge in [0.2, 0.25) is 0 Å². The van der Waals surface area contributed by atoms with Crippen LogP contribution in [0.15, 0.2) is 24.3 Å². The van der Waals surface area contributed by atoms with Crippen LogP contribution in [0.5, 0.6) is 0 Å². The first-order chi connectivity index (χ1) is 8.54. The lowest BCUT2D eigenvalue weighted by Gasteiger charge is -2.05. The van der Waals surface area contributed by atoms with Crippen LogP contribution in [0.25, 0.3) is 0 Å². The summed E-state index contributed by atoms with van der Waals surface area (Å²) in [7, 11) is -1.57. The summed E-state index contributed by atoms with van der Waals surface area (Å²) in [4.78, 5) is 22.6. The van der Waals surface area contributed by atoms with Gasteiger partial charge in [-0.1, -0.05) is 12.1 Å². The maximum absolute atomic E-state index is 11.6. The molecule has 0 aromatic heterocycles. The largest absolute Gasteiger partial charge is 0.488 e. The standard InChI is InChI=1S/C11H14BNO5/c1-2-18-10(14)7-13-11(15)8-3-5-9(6-4-8)12(16)17/h3-6,16-17H,2,7H2,1H3,(H,13,15). The molecule has 1 rings (SSSR count). The number of ether oxygens (including phenoxy) is 1. The maximum Gasteiger partial charge on any atom is 0.488 e. The number of carbonyl (C=O) groups excluding carboxylic acids is 2. The molecule has 0 saturated carbocycles. The highest BCUT2D eigenvalue weighted by Gasteiger charge is 2.12. The predicted octanol–water partition coefficient (Wildman–Crippen LogP) is -1.34. The molecule has 0 atom stereocenters. The number of rotatable bonds is 5. The highest BCUT2D eigenvalue weighted by atomic mass is 16.5. The second-order valence-electron chi connectivity index (χ2n) is 3.48. The molecule has 0 heterocycles. The fraction of sp³-hybridized carbons (Fsp3) is 0.273. The van der Waals surface area contributed by atoms with E-state index in [4.69, 9.17) is 10.0 Å². The van der Waals surface area contributed by atoms with E-state index in [1.54, 1.807) is 6.92 Å². The van der Waals surface area contributed by atoms with Gasteiger partial charge in [0.05, 0.1) is 6.61 Å². The highest BCUT2D eigenvalue weighted by molar-refractivity contribution is 6.58. The van der Waals surface area contributed by atoms with E-state index in [1.165, 1.54) is 24.3 Å². The maximum atomic E-state index is 11.6. The van der Waals surface area contributed by atoms with Crippen molar-refractivity contribution in [1.82, 2.24) is 5.32 Å². The third-order valence-corrected chi connectivity index (χ3v) is 2.17. The molecule has 6 nitrogen and oxygen atoms in total. The fourth-order valence-electron chi connectivity index (χ4n) is 1.27. The van der Waals surface area contributed by atoms with Crippen LogP contribution in [0.1, 0.15) is 17.3 Å². The lowest BCUT2D eigenvalue weighted by molar-refractivity contribution is -0.141. The Hall–Kier alpha value is -1.86. The molecule has 0 aliphatic rings. The minimum atomic E-state index is -1.57. The Labute approximate surface area is 105 Å². The first kappa shape index (κ1) is 14.2. The molecule has 0 unspecified atom stereocenters. The van der Waals surface area contributed by atoms with Crippen molar-refractivity contribution in [3.05, 3.63) is 29.8 Å². The van der Waals surface area contributed by atoms with Gasteiger partial charge >= 0.3 is 13.1 Å². The molecule has 0 aliphatic carbocycles. The number of esters is 1. The van der Waals surface area contributed by atoms with E-state index >= 15 is 0 Å². The number of amides is 1. The zero-order valence-corrected chi connectivity index (χ0v) is 9.92.